The molecule has 0 fully saturated rings. The van der Waals surface area contributed by atoms with Gasteiger partial charge in [0.1, 0.15) is 11.1 Å². The van der Waals surface area contributed by atoms with Crippen molar-refractivity contribution in [3.05, 3.63) is 45.8 Å². The minimum atomic E-state index is -1.26. The molecule has 0 unspecified atom stereocenters. The van der Waals surface area contributed by atoms with Gasteiger partial charge in [-0.25, -0.2) is 9.59 Å². The highest BCUT2D eigenvalue weighted by Gasteiger charge is 2.14. The monoisotopic (exact) mass is 232 g/mol. The molecule has 2 aromatic rings. The molecule has 0 bridgehead atoms. The van der Waals surface area contributed by atoms with Crippen molar-refractivity contribution in [2.45, 2.75) is 19.8 Å². The molecule has 17 heavy (non-hydrogen) atoms. The van der Waals surface area contributed by atoms with Gasteiger partial charge in [-0.1, -0.05) is 26.0 Å². The van der Waals surface area contributed by atoms with Crippen LogP contribution in [0.15, 0.2) is 33.5 Å². The lowest BCUT2D eigenvalue weighted by atomic mass is 9.98. The molecule has 88 valence electrons. The minimum Gasteiger partial charge on any atom is -0.477 e. The Morgan fingerprint density at radius 2 is 2.06 bits per heavy atom. The highest BCUT2D eigenvalue weighted by Crippen LogP contribution is 2.24. The minimum absolute atomic E-state index is 0.230. The molecule has 0 atom stereocenters. The number of carboxylic acids is 1. The molecule has 1 heterocycles. The molecule has 0 aliphatic heterocycles. The average molecular weight is 232 g/mol. The summed E-state index contributed by atoms with van der Waals surface area (Å²) in [5, 5.41) is 9.57. The van der Waals surface area contributed by atoms with Gasteiger partial charge >= 0.3 is 11.6 Å². The van der Waals surface area contributed by atoms with Crippen molar-refractivity contribution in [2.75, 3.05) is 0 Å². The van der Waals surface area contributed by atoms with Gasteiger partial charge < -0.3 is 9.52 Å². The van der Waals surface area contributed by atoms with Crippen LogP contribution in [0.4, 0.5) is 0 Å². The zero-order chi connectivity index (χ0) is 12.6. The van der Waals surface area contributed by atoms with Crippen LogP contribution in [0.1, 0.15) is 35.7 Å². The molecule has 0 saturated carbocycles. The second-order valence-electron chi connectivity index (χ2n) is 4.17. The molecule has 0 aliphatic rings. The molecule has 4 heteroatoms. The second-order valence-corrected chi connectivity index (χ2v) is 4.17. The standard InChI is InChI=1S/C13H12O4/c1-7(2)8-4-3-5-11-9(8)6-10(12(14)15)13(16)17-11/h3-7H,1-2H3,(H,14,15). The fourth-order valence-electron chi connectivity index (χ4n) is 1.82. The summed E-state index contributed by atoms with van der Waals surface area (Å²) in [6, 6.07) is 6.74. The van der Waals surface area contributed by atoms with Gasteiger partial charge in [-0.05, 0) is 23.6 Å². The Hall–Kier alpha value is -2.10. The number of rotatable bonds is 2. The van der Waals surface area contributed by atoms with E-state index in [4.69, 9.17) is 9.52 Å². The summed E-state index contributed by atoms with van der Waals surface area (Å²) >= 11 is 0. The van der Waals surface area contributed by atoms with Gasteiger partial charge in [0.2, 0.25) is 0 Å². The Morgan fingerprint density at radius 1 is 1.35 bits per heavy atom. The van der Waals surface area contributed by atoms with Gasteiger partial charge in [0, 0.05) is 5.39 Å². The Bertz CT molecular complexity index is 637. The Morgan fingerprint density at radius 3 is 2.65 bits per heavy atom. The highest BCUT2D eigenvalue weighted by molar-refractivity contribution is 5.92. The van der Waals surface area contributed by atoms with E-state index in [1.54, 1.807) is 12.1 Å². The molecule has 2 rings (SSSR count). The van der Waals surface area contributed by atoms with Crippen molar-refractivity contribution < 1.29 is 14.3 Å². The number of benzene rings is 1. The SMILES string of the molecule is CC(C)c1cccc2oc(=O)c(C(=O)O)cc12. The van der Waals surface area contributed by atoms with Crippen molar-refractivity contribution in [2.24, 2.45) is 0 Å². The predicted octanol–water partition coefficient (Wildman–Crippen LogP) is 2.61. The van der Waals surface area contributed by atoms with Crippen LogP contribution in [0.3, 0.4) is 0 Å². The predicted molar refractivity (Wildman–Crippen MR) is 63.5 cm³/mol. The lowest BCUT2D eigenvalue weighted by Gasteiger charge is -2.08. The molecule has 1 aromatic carbocycles. The number of hydrogen-bond donors (Lipinski definition) is 1. The number of hydrogen-bond acceptors (Lipinski definition) is 3. The molecule has 0 amide bonds. The molecule has 0 radical (unpaired) electrons. The Balaban J connectivity index is 2.85. The average Bonchev–Trinajstić information content (AvgIpc) is 2.26. The van der Waals surface area contributed by atoms with E-state index in [9.17, 15) is 9.59 Å². The van der Waals surface area contributed by atoms with Gasteiger partial charge in [-0.3, -0.25) is 0 Å². The van der Waals surface area contributed by atoms with Gasteiger partial charge in [0.25, 0.3) is 0 Å². The van der Waals surface area contributed by atoms with Crippen molar-refractivity contribution in [3.8, 4) is 0 Å². The third kappa shape index (κ3) is 1.93. The van der Waals surface area contributed by atoms with Crippen LogP contribution >= 0.6 is 0 Å². The van der Waals surface area contributed by atoms with E-state index in [-0.39, 0.29) is 11.5 Å². The molecular weight excluding hydrogens is 220 g/mol. The summed E-state index contributed by atoms with van der Waals surface area (Å²) in [5.74, 6) is -1.03. The van der Waals surface area contributed by atoms with Crippen LogP contribution < -0.4 is 5.63 Å². The van der Waals surface area contributed by atoms with Crippen LogP contribution in [0.5, 0.6) is 0 Å². The molecule has 0 saturated heterocycles. The zero-order valence-electron chi connectivity index (χ0n) is 9.56. The van der Waals surface area contributed by atoms with Crippen molar-refractivity contribution in [1.82, 2.24) is 0 Å². The van der Waals surface area contributed by atoms with Crippen molar-refractivity contribution in [3.63, 3.8) is 0 Å². The topological polar surface area (TPSA) is 67.5 Å². The van der Waals surface area contributed by atoms with E-state index in [0.717, 1.165) is 5.56 Å². The Kier molecular flexibility index (Phi) is 2.71. The molecule has 1 aromatic heterocycles. The molecule has 0 spiro atoms. The lowest BCUT2D eigenvalue weighted by Crippen LogP contribution is -2.13. The third-order valence-electron chi connectivity index (χ3n) is 2.66. The normalized spacial score (nSPS) is 11.0. The second kappa shape index (κ2) is 4.05. The largest absolute Gasteiger partial charge is 0.477 e. The van der Waals surface area contributed by atoms with Crippen LogP contribution in [-0.2, 0) is 0 Å². The number of carbonyl (C=O) groups is 1. The van der Waals surface area contributed by atoms with Gasteiger partial charge in [-0.2, -0.15) is 0 Å². The summed E-state index contributed by atoms with van der Waals surface area (Å²) in [4.78, 5) is 22.3. The van der Waals surface area contributed by atoms with E-state index in [1.807, 2.05) is 19.9 Å². The Labute approximate surface area is 97.5 Å². The van der Waals surface area contributed by atoms with Gasteiger partial charge in [-0.15, -0.1) is 0 Å². The quantitative estimate of drug-likeness (QED) is 0.808. The number of carboxylic acid groups (broad SMARTS) is 1. The van der Waals surface area contributed by atoms with E-state index >= 15 is 0 Å². The first-order valence-corrected chi connectivity index (χ1v) is 5.30. The smallest absolute Gasteiger partial charge is 0.351 e. The van der Waals surface area contributed by atoms with E-state index in [2.05, 4.69) is 0 Å². The van der Waals surface area contributed by atoms with Crippen LogP contribution in [0.2, 0.25) is 0 Å². The maximum atomic E-state index is 11.4. The first-order chi connectivity index (χ1) is 8.00. The first kappa shape index (κ1) is 11.4. The van der Waals surface area contributed by atoms with Crippen LogP contribution in [0, 0.1) is 0 Å². The van der Waals surface area contributed by atoms with Gasteiger partial charge in [0.15, 0.2) is 0 Å². The maximum Gasteiger partial charge on any atom is 0.351 e. The summed E-state index contributed by atoms with van der Waals surface area (Å²) in [6.07, 6.45) is 0. The van der Waals surface area contributed by atoms with Crippen LogP contribution in [0.25, 0.3) is 11.0 Å². The van der Waals surface area contributed by atoms with Crippen LogP contribution in [-0.4, -0.2) is 11.1 Å². The molecular formula is C13H12O4. The number of fused-ring (bicyclic) bond motifs is 1. The van der Waals surface area contributed by atoms with Crippen molar-refractivity contribution >= 4 is 16.9 Å². The van der Waals surface area contributed by atoms with E-state index < -0.39 is 11.6 Å². The van der Waals surface area contributed by atoms with Gasteiger partial charge in [0.05, 0.1) is 0 Å². The first-order valence-electron chi connectivity index (χ1n) is 5.30. The fourth-order valence-corrected chi connectivity index (χ4v) is 1.82. The van der Waals surface area contributed by atoms with Crippen molar-refractivity contribution in [1.29, 1.82) is 0 Å². The number of aromatic carboxylic acids is 1. The summed E-state index contributed by atoms with van der Waals surface area (Å²) in [5.41, 5.74) is 0.247. The summed E-state index contributed by atoms with van der Waals surface area (Å²) in [6.45, 7) is 4.00. The molecule has 0 aliphatic carbocycles. The summed E-state index contributed by atoms with van der Waals surface area (Å²) in [7, 11) is 0. The maximum absolute atomic E-state index is 11.4. The lowest BCUT2D eigenvalue weighted by molar-refractivity contribution is 0.0692. The van der Waals surface area contributed by atoms with E-state index in [1.165, 1.54) is 6.07 Å². The fraction of sp³-hybridized carbons (Fsp3) is 0.231. The molecule has 4 nitrogen and oxygen atoms in total. The zero-order valence-corrected chi connectivity index (χ0v) is 9.56. The summed E-state index contributed by atoms with van der Waals surface area (Å²) < 4.78 is 5.01. The van der Waals surface area contributed by atoms with E-state index in [0.29, 0.717) is 11.0 Å². The highest BCUT2D eigenvalue weighted by atomic mass is 16.4. The third-order valence-corrected chi connectivity index (χ3v) is 2.66. The molecule has 1 N–H and O–H groups in total.